The molecular formula is C22H23FN2O5. The van der Waals surface area contributed by atoms with Gasteiger partial charge in [-0.3, -0.25) is 14.4 Å². The summed E-state index contributed by atoms with van der Waals surface area (Å²) in [7, 11) is 2.98. The van der Waals surface area contributed by atoms with Gasteiger partial charge in [-0.15, -0.1) is 0 Å². The Morgan fingerprint density at radius 1 is 1.17 bits per heavy atom. The Bertz CT molecular complexity index is 931. The normalized spacial score (nSPS) is 17.0. The van der Waals surface area contributed by atoms with Gasteiger partial charge in [-0.25, -0.2) is 4.39 Å². The number of methoxy groups -OCH3 is 1. The Balaban J connectivity index is 1.41. The van der Waals surface area contributed by atoms with Crippen LogP contribution in [-0.2, 0) is 19.1 Å². The zero-order valence-corrected chi connectivity index (χ0v) is 16.8. The molecule has 1 N–H and O–H groups in total. The summed E-state index contributed by atoms with van der Waals surface area (Å²) < 4.78 is 23.2. The summed E-state index contributed by atoms with van der Waals surface area (Å²) in [6.45, 7) is -0.621. The summed E-state index contributed by atoms with van der Waals surface area (Å²) in [4.78, 5) is 37.6. The number of esters is 1. The molecule has 1 aliphatic rings. The molecule has 0 spiro atoms. The fraction of sp³-hybridized carbons (Fsp3) is 0.318. The molecule has 0 heterocycles. The molecule has 2 amide bonds. The number of amides is 2. The molecule has 2 aromatic carbocycles. The number of nitrogens with one attached hydrogen (secondary N) is 1. The summed E-state index contributed by atoms with van der Waals surface area (Å²) >= 11 is 0. The van der Waals surface area contributed by atoms with Crippen LogP contribution in [0.2, 0.25) is 0 Å². The van der Waals surface area contributed by atoms with E-state index in [2.05, 4.69) is 5.32 Å². The largest absolute Gasteiger partial charge is 0.497 e. The van der Waals surface area contributed by atoms with Crippen LogP contribution in [0.3, 0.4) is 0 Å². The van der Waals surface area contributed by atoms with Gasteiger partial charge in [-0.05, 0) is 42.2 Å². The molecular weight excluding hydrogens is 391 g/mol. The molecule has 8 heteroatoms. The average Bonchev–Trinajstić information content (AvgIpc) is 3.53. The molecule has 30 heavy (non-hydrogen) atoms. The number of rotatable bonds is 8. The quantitative estimate of drug-likeness (QED) is 0.671. The first-order valence-corrected chi connectivity index (χ1v) is 9.47. The van der Waals surface area contributed by atoms with Gasteiger partial charge in [0.25, 0.3) is 5.91 Å². The number of nitrogens with zero attached hydrogens (tertiary/aromatic N) is 1. The van der Waals surface area contributed by atoms with Gasteiger partial charge in [0.05, 0.1) is 19.6 Å². The van der Waals surface area contributed by atoms with Crippen molar-refractivity contribution in [3.63, 3.8) is 0 Å². The van der Waals surface area contributed by atoms with Crippen molar-refractivity contribution in [2.45, 2.75) is 12.3 Å². The number of ether oxygens (including phenoxy) is 2. The Morgan fingerprint density at radius 2 is 1.90 bits per heavy atom. The minimum absolute atomic E-state index is 0.0143. The van der Waals surface area contributed by atoms with Crippen LogP contribution in [0.4, 0.5) is 10.1 Å². The molecule has 1 saturated carbocycles. The fourth-order valence-electron chi connectivity index (χ4n) is 3.09. The maximum Gasteiger partial charge on any atom is 0.310 e. The molecule has 0 aliphatic heterocycles. The average molecular weight is 414 g/mol. The van der Waals surface area contributed by atoms with Crippen molar-refractivity contribution in [3.8, 4) is 5.75 Å². The van der Waals surface area contributed by atoms with Crippen LogP contribution in [0.1, 0.15) is 17.9 Å². The molecule has 158 valence electrons. The van der Waals surface area contributed by atoms with Crippen LogP contribution >= 0.6 is 0 Å². The Hall–Kier alpha value is -3.42. The predicted molar refractivity (Wildman–Crippen MR) is 107 cm³/mol. The summed E-state index contributed by atoms with van der Waals surface area (Å²) in [5.41, 5.74) is 1.42. The number of likely N-dealkylation sites (N-methyl/N-ethyl adjacent to an activating group) is 1. The lowest BCUT2D eigenvalue weighted by atomic mass is 10.1. The number of carbonyl (C=O) groups is 3. The first-order valence-electron chi connectivity index (χ1n) is 9.47. The van der Waals surface area contributed by atoms with Crippen molar-refractivity contribution in [1.29, 1.82) is 0 Å². The van der Waals surface area contributed by atoms with Gasteiger partial charge in [0, 0.05) is 18.8 Å². The molecule has 1 aliphatic carbocycles. The van der Waals surface area contributed by atoms with E-state index < -0.39 is 18.5 Å². The monoisotopic (exact) mass is 414 g/mol. The van der Waals surface area contributed by atoms with Crippen molar-refractivity contribution in [2.75, 3.05) is 32.6 Å². The van der Waals surface area contributed by atoms with Gasteiger partial charge in [-0.1, -0.05) is 18.2 Å². The lowest BCUT2D eigenvalue weighted by Crippen LogP contribution is -2.37. The van der Waals surface area contributed by atoms with E-state index in [9.17, 15) is 18.8 Å². The number of anilines is 1. The smallest absolute Gasteiger partial charge is 0.310 e. The number of carbonyl (C=O) groups excluding carboxylic acids is 3. The van der Waals surface area contributed by atoms with E-state index in [-0.39, 0.29) is 30.1 Å². The molecule has 3 rings (SSSR count). The fourth-order valence-corrected chi connectivity index (χ4v) is 3.09. The van der Waals surface area contributed by atoms with E-state index in [4.69, 9.17) is 9.47 Å². The highest BCUT2D eigenvalue weighted by atomic mass is 19.1. The van der Waals surface area contributed by atoms with Crippen LogP contribution in [0, 0.1) is 11.7 Å². The summed E-state index contributed by atoms with van der Waals surface area (Å²) in [6.07, 6.45) is 0.609. The minimum Gasteiger partial charge on any atom is -0.497 e. The highest BCUT2D eigenvalue weighted by Crippen LogP contribution is 2.48. The third kappa shape index (κ3) is 5.56. The molecule has 2 atom stereocenters. The Labute approximate surface area is 173 Å². The van der Waals surface area contributed by atoms with Crippen molar-refractivity contribution in [2.24, 2.45) is 5.92 Å². The molecule has 7 nitrogen and oxygen atoms in total. The van der Waals surface area contributed by atoms with Crippen LogP contribution in [0.25, 0.3) is 0 Å². The highest BCUT2D eigenvalue weighted by molar-refractivity contribution is 5.95. The molecule has 0 radical (unpaired) electrons. The minimum atomic E-state index is -0.483. The Kier molecular flexibility index (Phi) is 6.66. The standard InChI is InChI=1S/C22H23FN2O5/c1-25(12-20(26)24-16-4-3-5-17(10-16)29-2)21(27)13-30-22(28)19-11-18(19)14-6-8-15(23)9-7-14/h3-10,18-19H,11-13H2,1-2H3,(H,24,26). The van der Waals surface area contributed by atoms with Gasteiger partial charge in [-0.2, -0.15) is 0 Å². The second-order valence-electron chi connectivity index (χ2n) is 7.14. The van der Waals surface area contributed by atoms with Crippen LogP contribution in [0.5, 0.6) is 5.75 Å². The van der Waals surface area contributed by atoms with Gasteiger partial charge >= 0.3 is 5.97 Å². The first-order chi connectivity index (χ1) is 14.4. The second-order valence-corrected chi connectivity index (χ2v) is 7.14. The molecule has 0 saturated heterocycles. The van der Waals surface area contributed by atoms with E-state index >= 15 is 0 Å². The third-order valence-electron chi connectivity index (χ3n) is 4.89. The van der Waals surface area contributed by atoms with E-state index in [1.807, 2.05) is 0 Å². The highest BCUT2D eigenvalue weighted by Gasteiger charge is 2.45. The molecule has 0 aromatic heterocycles. The zero-order valence-electron chi connectivity index (χ0n) is 16.8. The summed E-state index contributed by atoms with van der Waals surface area (Å²) in [5.74, 6) is -1.41. The lowest BCUT2D eigenvalue weighted by molar-refractivity contribution is -0.153. The van der Waals surface area contributed by atoms with Crippen molar-refractivity contribution >= 4 is 23.5 Å². The molecule has 0 bridgehead atoms. The van der Waals surface area contributed by atoms with Gasteiger partial charge < -0.3 is 19.7 Å². The molecule has 2 unspecified atom stereocenters. The predicted octanol–water partition coefficient (Wildman–Crippen LogP) is 2.58. The van der Waals surface area contributed by atoms with Crippen LogP contribution in [-0.4, -0.2) is 50.0 Å². The molecule has 1 fully saturated rings. The van der Waals surface area contributed by atoms with Gasteiger partial charge in [0.15, 0.2) is 6.61 Å². The number of hydrogen-bond donors (Lipinski definition) is 1. The van der Waals surface area contributed by atoms with E-state index in [1.165, 1.54) is 31.2 Å². The maximum atomic E-state index is 13.0. The van der Waals surface area contributed by atoms with E-state index in [1.54, 1.807) is 36.4 Å². The zero-order chi connectivity index (χ0) is 21.7. The van der Waals surface area contributed by atoms with Crippen molar-refractivity contribution in [3.05, 3.63) is 59.9 Å². The topological polar surface area (TPSA) is 84.9 Å². The number of hydrogen-bond acceptors (Lipinski definition) is 5. The van der Waals surface area contributed by atoms with Gasteiger partial charge in [0.1, 0.15) is 11.6 Å². The summed E-state index contributed by atoms with van der Waals surface area (Å²) in [5, 5.41) is 2.68. The van der Waals surface area contributed by atoms with Crippen molar-refractivity contribution < 1.29 is 28.2 Å². The van der Waals surface area contributed by atoms with Crippen LogP contribution < -0.4 is 10.1 Å². The first kappa shape index (κ1) is 21.3. The number of benzene rings is 2. The summed E-state index contributed by atoms with van der Waals surface area (Å²) in [6, 6.07) is 12.8. The van der Waals surface area contributed by atoms with Gasteiger partial charge in [0.2, 0.25) is 5.91 Å². The van der Waals surface area contributed by atoms with E-state index in [0.29, 0.717) is 17.9 Å². The maximum absolute atomic E-state index is 13.0. The van der Waals surface area contributed by atoms with Crippen molar-refractivity contribution in [1.82, 2.24) is 4.90 Å². The Morgan fingerprint density at radius 3 is 2.60 bits per heavy atom. The second kappa shape index (κ2) is 9.39. The van der Waals surface area contributed by atoms with Crippen LogP contribution in [0.15, 0.2) is 48.5 Å². The number of halogens is 1. The van der Waals surface area contributed by atoms with E-state index in [0.717, 1.165) is 5.56 Å². The SMILES string of the molecule is COc1cccc(NC(=O)CN(C)C(=O)COC(=O)C2CC2c2ccc(F)cc2)c1. The molecule has 2 aromatic rings. The third-order valence-corrected chi connectivity index (χ3v) is 4.89. The lowest BCUT2D eigenvalue weighted by Gasteiger charge is -2.17.